The van der Waals surface area contributed by atoms with Crippen LogP contribution in [0.15, 0.2) is 42.5 Å². The third-order valence-electron chi connectivity index (χ3n) is 2.92. The van der Waals surface area contributed by atoms with E-state index in [1.54, 1.807) is 7.11 Å². The van der Waals surface area contributed by atoms with Crippen molar-refractivity contribution in [3.8, 4) is 11.5 Å². The molecule has 2 aromatic carbocycles. The molecular formula is C16H17ClINO2. The van der Waals surface area contributed by atoms with E-state index in [1.807, 2.05) is 42.5 Å². The second-order valence-corrected chi connectivity index (χ2v) is 5.99. The average Bonchev–Trinajstić information content (AvgIpc) is 2.48. The van der Waals surface area contributed by atoms with Crippen LogP contribution in [0.25, 0.3) is 0 Å². The van der Waals surface area contributed by atoms with Gasteiger partial charge >= 0.3 is 0 Å². The van der Waals surface area contributed by atoms with Crippen LogP contribution in [0.4, 0.5) is 0 Å². The van der Waals surface area contributed by atoms with Crippen LogP contribution in [0, 0.1) is 3.57 Å². The van der Waals surface area contributed by atoms with Gasteiger partial charge in [-0.1, -0.05) is 29.8 Å². The van der Waals surface area contributed by atoms with E-state index in [0.717, 1.165) is 27.2 Å². The number of ether oxygens (including phenoxy) is 2. The number of methoxy groups -OCH3 is 1. The Morgan fingerprint density at radius 2 is 1.86 bits per heavy atom. The highest BCUT2D eigenvalue weighted by Crippen LogP contribution is 2.32. The summed E-state index contributed by atoms with van der Waals surface area (Å²) < 4.78 is 12.1. The molecule has 0 aliphatic heterocycles. The molecule has 0 aliphatic carbocycles. The van der Waals surface area contributed by atoms with Crippen molar-refractivity contribution in [3.63, 3.8) is 0 Å². The van der Waals surface area contributed by atoms with Crippen LogP contribution in [0.5, 0.6) is 11.5 Å². The number of rotatable bonds is 7. The Morgan fingerprint density at radius 3 is 2.62 bits per heavy atom. The highest BCUT2D eigenvalue weighted by atomic mass is 127. The largest absolute Gasteiger partial charge is 0.456 e. The van der Waals surface area contributed by atoms with Crippen molar-refractivity contribution in [2.45, 2.75) is 6.54 Å². The predicted octanol–water partition coefficient (Wildman–Crippen LogP) is 4.47. The second kappa shape index (κ2) is 8.58. The zero-order chi connectivity index (χ0) is 15.1. The molecule has 0 saturated heterocycles. The van der Waals surface area contributed by atoms with Crippen LogP contribution in [-0.2, 0) is 11.3 Å². The summed E-state index contributed by atoms with van der Waals surface area (Å²) in [5, 5.41) is 3.99. The van der Waals surface area contributed by atoms with E-state index in [-0.39, 0.29) is 0 Å². The van der Waals surface area contributed by atoms with Crippen molar-refractivity contribution >= 4 is 34.2 Å². The number of halogens is 2. The second-order valence-electron chi connectivity index (χ2n) is 4.42. The Labute approximate surface area is 143 Å². The minimum Gasteiger partial charge on any atom is -0.456 e. The average molecular weight is 418 g/mol. The van der Waals surface area contributed by atoms with Gasteiger partial charge in [-0.2, -0.15) is 0 Å². The smallest absolute Gasteiger partial charge is 0.140 e. The molecule has 0 heterocycles. The fraction of sp³-hybridized carbons (Fsp3) is 0.250. The summed E-state index contributed by atoms with van der Waals surface area (Å²) in [6.45, 7) is 2.07. The van der Waals surface area contributed by atoms with Crippen molar-refractivity contribution in [3.05, 3.63) is 56.6 Å². The monoisotopic (exact) mass is 417 g/mol. The van der Waals surface area contributed by atoms with Gasteiger partial charge in [0.15, 0.2) is 0 Å². The quantitative estimate of drug-likeness (QED) is 0.532. The minimum absolute atomic E-state index is 0.641. The Kier molecular flexibility index (Phi) is 6.76. The van der Waals surface area contributed by atoms with Gasteiger partial charge in [0.2, 0.25) is 0 Å². The van der Waals surface area contributed by atoms with E-state index in [2.05, 4.69) is 27.9 Å². The van der Waals surface area contributed by atoms with Gasteiger partial charge in [-0.3, -0.25) is 0 Å². The van der Waals surface area contributed by atoms with Crippen molar-refractivity contribution in [1.29, 1.82) is 0 Å². The van der Waals surface area contributed by atoms with Crippen LogP contribution in [0.3, 0.4) is 0 Å². The highest BCUT2D eigenvalue weighted by Gasteiger charge is 2.10. The zero-order valence-corrected chi connectivity index (χ0v) is 14.6. The molecule has 0 aromatic heterocycles. The summed E-state index contributed by atoms with van der Waals surface area (Å²) in [6.07, 6.45) is 0. The summed E-state index contributed by atoms with van der Waals surface area (Å²) in [4.78, 5) is 0. The van der Waals surface area contributed by atoms with Crippen molar-refractivity contribution in [2.75, 3.05) is 20.3 Å². The van der Waals surface area contributed by atoms with E-state index < -0.39 is 0 Å². The van der Waals surface area contributed by atoms with E-state index in [0.29, 0.717) is 18.2 Å². The van der Waals surface area contributed by atoms with Gasteiger partial charge in [-0.05, 0) is 46.9 Å². The number of benzene rings is 2. The van der Waals surface area contributed by atoms with E-state index in [1.165, 1.54) is 0 Å². The minimum atomic E-state index is 0.641. The number of hydrogen-bond donors (Lipinski definition) is 1. The first-order chi connectivity index (χ1) is 10.2. The van der Waals surface area contributed by atoms with Gasteiger partial charge in [0.25, 0.3) is 0 Å². The molecule has 0 bridgehead atoms. The van der Waals surface area contributed by atoms with Crippen LogP contribution < -0.4 is 10.1 Å². The lowest BCUT2D eigenvalue weighted by molar-refractivity contribution is 0.199. The molecule has 0 saturated carbocycles. The van der Waals surface area contributed by atoms with Crippen molar-refractivity contribution in [1.82, 2.24) is 5.32 Å². The molecule has 0 atom stereocenters. The number of nitrogens with one attached hydrogen (secondary N) is 1. The number of hydrogen-bond acceptors (Lipinski definition) is 3. The molecule has 0 fully saturated rings. The van der Waals surface area contributed by atoms with Gasteiger partial charge in [-0.25, -0.2) is 0 Å². The summed E-state index contributed by atoms with van der Waals surface area (Å²) in [5.74, 6) is 1.61. The predicted molar refractivity (Wildman–Crippen MR) is 94.3 cm³/mol. The Bertz CT molecular complexity index is 592. The van der Waals surface area contributed by atoms with Crippen molar-refractivity contribution < 1.29 is 9.47 Å². The van der Waals surface area contributed by atoms with Crippen molar-refractivity contribution in [2.24, 2.45) is 0 Å². The maximum absolute atomic E-state index is 6.30. The summed E-state index contributed by atoms with van der Waals surface area (Å²) in [7, 11) is 1.68. The molecule has 112 valence electrons. The molecule has 21 heavy (non-hydrogen) atoms. The summed E-state index contributed by atoms with van der Waals surface area (Å²) in [5.41, 5.74) is 0.954. The third-order valence-corrected chi connectivity index (χ3v) is 4.16. The molecule has 0 radical (unpaired) electrons. The van der Waals surface area contributed by atoms with Crippen LogP contribution in [-0.4, -0.2) is 20.3 Å². The standard InChI is InChI=1S/C16H17ClINO2/c1-20-10-9-19-11-12-13(17)5-4-8-15(12)21-16-7-3-2-6-14(16)18/h2-8,19H,9-11H2,1H3. The lowest BCUT2D eigenvalue weighted by Crippen LogP contribution is -2.19. The van der Waals surface area contributed by atoms with Gasteiger partial charge in [0.1, 0.15) is 11.5 Å². The topological polar surface area (TPSA) is 30.5 Å². The lowest BCUT2D eigenvalue weighted by Gasteiger charge is -2.14. The molecule has 5 heteroatoms. The van der Waals surface area contributed by atoms with Gasteiger partial charge < -0.3 is 14.8 Å². The summed E-state index contributed by atoms with van der Waals surface area (Å²) >= 11 is 8.55. The maximum Gasteiger partial charge on any atom is 0.140 e. The first-order valence-corrected chi connectivity index (χ1v) is 8.07. The van der Waals surface area contributed by atoms with Gasteiger partial charge in [0, 0.05) is 30.8 Å². The van der Waals surface area contributed by atoms with Gasteiger partial charge in [-0.15, -0.1) is 0 Å². The normalized spacial score (nSPS) is 10.6. The zero-order valence-electron chi connectivity index (χ0n) is 11.7. The Balaban J connectivity index is 2.15. The molecule has 0 unspecified atom stereocenters. The number of para-hydroxylation sites is 1. The van der Waals surface area contributed by atoms with Crippen LogP contribution in [0.1, 0.15) is 5.56 Å². The lowest BCUT2D eigenvalue weighted by atomic mass is 10.2. The molecule has 2 rings (SSSR count). The van der Waals surface area contributed by atoms with Gasteiger partial charge in [0.05, 0.1) is 10.2 Å². The van der Waals surface area contributed by atoms with Crippen LogP contribution >= 0.6 is 34.2 Å². The SMILES string of the molecule is COCCNCc1c(Cl)cccc1Oc1ccccc1I. The Morgan fingerprint density at radius 1 is 1.10 bits per heavy atom. The first kappa shape index (κ1) is 16.5. The summed E-state index contributed by atoms with van der Waals surface area (Å²) in [6, 6.07) is 13.6. The van der Waals surface area contributed by atoms with E-state index in [4.69, 9.17) is 21.1 Å². The molecular weight excluding hydrogens is 401 g/mol. The maximum atomic E-state index is 6.30. The molecule has 1 N–H and O–H groups in total. The van der Waals surface area contributed by atoms with Crippen LogP contribution in [0.2, 0.25) is 5.02 Å². The van der Waals surface area contributed by atoms with E-state index in [9.17, 15) is 0 Å². The molecule has 2 aromatic rings. The first-order valence-electron chi connectivity index (χ1n) is 6.62. The fourth-order valence-electron chi connectivity index (χ4n) is 1.84. The molecule has 0 aliphatic rings. The Hall–Kier alpha value is -0.820. The molecule has 0 spiro atoms. The molecule has 0 amide bonds. The van der Waals surface area contributed by atoms with E-state index >= 15 is 0 Å². The fourth-order valence-corrected chi connectivity index (χ4v) is 2.57. The molecule has 3 nitrogen and oxygen atoms in total. The third kappa shape index (κ3) is 4.85. The highest BCUT2D eigenvalue weighted by molar-refractivity contribution is 14.1.